The molecule has 1 fully saturated rings. The fraction of sp³-hybridized carbons (Fsp3) is 0.345. The van der Waals surface area contributed by atoms with Crippen molar-refractivity contribution in [2.45, 2.75) is 19.4 Å². The highest BCUT2D eigenvalue weighted by molar-refractivity contribution is 8.16. The SMILES string of the molecule is COCCOC(=O)C1=C(C)N=C2SC=C(CC(=O)N3CCOCC3)N2[C@H]1c1cccc(Oc2ccccc2)c1. The Morgan fingerprint density at radius 2 is 1.82 bits per heavy atom. The second kappa shape index (κ2) is 12.5. The minimum atomic E-state index is -0.550. The first-order chi connectivity index (χ1) is 19.0. The Morgan fingerprint density at radius 3 is 2.59 bits per heavy atom. The second-order valence-corrected chi connectivity index (χ2v) is 10.0. The summed E-state index contributed by atoms with van der Waals surface area (Å²) in [6, 6.07) is 16.6. The van der Waals surface area contributed by atoms with E-state index < -0.39 is 12.0 Å². The van der Waals surface area contributed by atoms with Crippen molar-refractivity contribution < 1.29 is 28.5 Å². The second-order valence-electron chi connectivity index (χ2n) is 9.18. The van der Waals surface area contributed by atoms with Crippen LogP contribution in [0.25, 0.3) is 0 Å². The van der Waals surface area contributed by atoms with Crippen LogP contribution in [-0.4, -0.2) is 73.5 Å². The predicted octanol–water partition coefficient (Wildman–Crippen LogP) is 4.49. The first-order valence-electron chi connectivity index (χ1n) is 12.8. The molecule has 0 aromatic heterocycles. The third-order valence-electron chi connectivity index (χ3n) is 6.59. The van der Waals surface area contributed by atoms with Crippen LogP contribution in [0.15, 0.2) is 82.0 Å². The zero-order chi connectivity index (χ0) is 27.2. The summed E-state index contributed by atoms with van der Waals surface area (Å²) < 4.78 is 22.1. The smallest absolute Gasteiger partial charge is 0.338 e. The molecule has 2 aromatic carbocycles. The van der Waals surface area contributed by atoms with Crippen molar-refractivity contribution in [2.75, 3.05) is 46.6 Å². The van der Waals surface area contributed by atoms with Gasteiger partial charge in [-0.1, -0.05) is 42.1 Å². The van der Waals surface area contributed by atoms with E-state index in [4.69, 9.17) is 23.9 Å². The van der Waals surface area contributed by atoms with Crippen molar-refractivity contribution in [1.29, 1.82) is 0 Å². The number of ether oxygens (including phenoxy) is 4. The number of para-hydroxylation sites is 1. The van der Waals surface area contributed by atoms with Crippen LogP contribution >= 0.6 is 11.8 Å². The zero-order valence-corrected chi connectivity index (χ0v) is 22.8. The van der Waals surface area contributed by atoms with Gasteiger partial charge in [-0.05, 0) is 42.2 Å². The van der Waals surface area contributed by atoms with E-state index in [2.05, 4.69) is 0 Å². The van der Waals surface area contributed by atoms with Gasteiger partial charge in [0.15, 0.2) is 5.17 Å². The summed E-state index contributed by atoms with van der Waals surface area (Å²) in [4.78, 5) is 35.2. The molecule has 204 valence electrons. The van der Waals surface area contributed by atoms with Gasteiger partial charge < -0.3 is 28.7 Å². The van der Waals surface area contributed by atoms with Gasteiger partial charge in [-0.3, -0.25) is 4.79 Å². The largest absolute Gasteiger partial charge is 0.460 e. The lowest BCUT2D eigenvalue weighted by Crippen LogP contribution is -2.42. The van der Waals surface area contributed by atoms with Gasteiger partial charge in [0, 0.05) is 25.9 Å². The number of methoxy groups -OCH3 is 1. The number of carbonyl (C=O) groups is 2. The Bertz CT molecular complexity index is 1300. The lowest BCUT2D eigenvalue weighted by Gasteiger charge is -2.37. The number of amides is 1. The molecule has 0 unspecified atom stereocenters. The van der Waals surface area contributed by atoms with Crippen LogP contribution in [0.2, 0.25) is 0 Å². The number of hydrogen-bond acceptors (Lipinski definition) is 9. The van der Waals surface area contributed by atoms with Crippen LogP contribution in [0.1, 0.15) is 24.9 Å². The van der Waals surface area contributed by atoms with E-state index in [1.165, 1.54) is 11.8 Å². The number of nitrogens with zero attached hydrogens (tertiary/aromatic N) is 3. The molecular weight excluding hydrogens is 518 g/mol. The van der Waals surface area contributed by atoms with Crippen LogP contribution < -0.4 is 4.74 Å². The zero-order valence-electron chi connectivity index (χ0n) is 22.0. The summed E-state index contributed by atoms with van der Waals surface area (Å²) in [5, 5.41) is 2.66. The van der Waals surface area contributed by atoms with Crippen molar-refractivity contribution in [3.63, 3.8) is 0 Å². The number of esters is 1. The van der Waals surface area contributed by atoms with Gasteiger partial charge in [-0.2, -0.15) is 0 Å². The molecule has 3 heterocycles. The summed E-state index contributed by atoms with van der Waals surface area (Å²) in [7, 11) is 1.56. The van der Waals surface area contributed by atoms with Gasteiger partial charge in [0.1, 0.15) is 18.1 Å². The molecule has 39 heavy (non-hydrogen) atoms. The Hall–Kier alpha value is -3.60. The number of carbonyl (C=O) groups excluding carboxylic acids is 2. The number of benzene rings is 2. The fourth-order valence-corrected chi connectivity index (χ4v) is 5.66. The molecule has 2 aromatic rings. The lowest BCUT2D eigenvalue weighted by molar-refractivity contribution is -0.141. The minimum absolute atomic E-state index is 0.0156. The standard InChI is InChI=1S/C29H31N3O6S/c1-20-26(28(34)37-16-15-35-2)27(21-7-6-10-24(17-21)38-23-8-4-3-5-9-23)32-22(19-39-29(32)30-20)18-25(33)31-11-13-36-14-12-31/h3-10,17,19,27H,11-16,18H2,1-2H3/t27-/m0/s1. The maximum absolute atomic E-state index is 13.4. The molecule has 1 atom stereocenters. The third-order valence-corrected chi connectivity index (χ3v) is 7.48. The summed E-state index contributed by atoms with van der Waals surface area (Å²) in [6.45, 7) is 4.43. The van der Waals surface area contributed by atoms with Gasteiger partial charge in [0.25, 0.3) is 0 Å². The highest BCUT2D eigenvalue weighted by atomic mass is 32.2. The first kappa shape index (κ1) is 27.0. The number of aliphatic imine (C=N–C) groups is 1. The molecular formula is C29H31N3O6S. The normalized spacial score (nSPS) is 18.9. The number of hydrogen-bond donors (Lipinski definition) is 0. The van der Waals surface area contributed by atoms with Gasteiger partial charge in [0.2, 0.25) is 5.91 Å². The monoisotopic (exact) mass is 549 g/mol. The molecule has 9 nitrogen and oxygen atoms in total. The molecule has 0 aliphatic carbocycles. The van der Waals surface area contributed by atoms with Gasteiger partial charge in [-0.25, -0.2) is 9.79 Å². The Labute approximate surface area is 232 Å². The molecule has 1 saturated heterocycles. The van der Waals surface area contributed by atoms with E-state index in [9.17, 15) is 9.59 Å². The average Bonchev–Trinajstić information content (AvgIpc) is 3.35. The fourth-order valence-electron chi connectivity index (χ4n) is 4.69. The number of rotatable bonds is 9. The van der Waals surface area contributed by atoms with Crippen LogP contribution in [0.3, 0.4) is 0 Å². The van der Waals surface area contributed by atoms with Gasteiger partial charge in [-0.15, -0.1) is 0 Å². The third kappa shape index (κ3) is 6.19. The van der Waals surface area contributed by atoms with Crippen molar-refractivity contribution in [3.05, 3.63) is 82.5 Å². The van der Waals surface area contributed by atoms with Crippen LogP contribution in [-0.2, 0) is 23.8 Å². The molecule has 0 saturated carbocycles. The van der Waals surface area contributed by atoms with Crippen molar-refractivity contribution in [1.82, 2.24) is 9.80 Å². The summed E-state index contributed by atoms with van der Waals surface area (Å²) >= 11 is 1.45. The summed E-state index contributed by atoms with van der Waals surface area (Å²) in [5.74, 6) is 0.887. The van der Waals surface area contributed by atoms with Gasteiger partial charge in [0.05, 0.1) is 43.6 Å². The molecule has 1 amide bonds. The highest BCUT2D eigenvalue weighted by Crippen LogP contribution is 2.45. The topological polar surface area (TPSA) is 89.9 Å². The van der Waals surface area contributed by atoms with E-state index >= 15 is 0 Å². The van der Waals surface area contributed by atoms with Crippen LogP contribution in [0.4, 0.5) is 0 Å². The average molecular weight is 550 g/mol. The van der Waals surface area contributed by atoms with Crippen molar-refractivity contribution >= 4 is 28.8 Å². The van der Waals surface area contributed by atoms with E-state index in [0.717, 1.165) is 11.3 Å². The van der Waals surface area contributed by atoms with E-state index in [1.807, 2.05) is 76.7 Å². The van der Waals surface area contributed by atoms with Crippen molar-refractivity contribution in [2.24, 2.45) is 4.99 Å². The number of amidine groups is 1. The lowest BCUT2D eigenvalue weighted by atomic mass is 9.93. The molecule has 3 aliphatic rings. The molecule has 0 bridgehead atoms. The van der Waals surface area contributed by atoms with E-state index in [0.29, 0.717) is 54.2 Å². The Morgan fingerprint density at radius 1 is 1.05 bits per heavy atom. The maximum Gasteiger partial charge on any atom is 0.338 e. The Kier molecular flexibility index (Phi) is 8.65. The molecule has 0 N–H and O–H groups in total. The van der Waals surface area contributed by atoms with Crippen molar-refractivity contribution in [3.8, 4) is 11.5 Å². The van der Waals surface area contributed by atoms with Gasteiger partial charge >= 0.3 is 5.97 Å². The molecule has 5 rings (SSSR count). The first-order valence-corrected chi connectivity index (χ1v) is 13.7. The maximum atomic E-state index is 13.4. The highest BCUT2D eigenvalue weighted by Gasteiger charge is 2.41. The van der Waals surface area contributed by atoms with E-state index in [1.54, 1.807) is 7.11 Å². The molecule has 0 spiro atoms. The van der Waals surface area contributed by atoms with Crippen LogP contribution in [0.5, 0.6) is 11.5 Å². The predicted molar refractivity (Wildman–Crippen MR) is 148 cm³/mol. The molecule has 10 heteroatoms. The minimum Gasteiger partial charge on any atom is -0.460 e. The molecule has 0 radical (unpaired) electrons. The number of thioether (sulfide) groups is 1. The number of morpholine rings is 1. The Balaban J connectivity index is 1.48. The summed E-state index contributed by atoms with van der Waals surface area (Å²) in [5.41, 5.74) is 2.59. The van der Waals surface area contributed by atoms with Crippen LogP contribution in [0, 0.1) is 0 Å². The van der Waals surface area contributed by atoms with E-state index in [-0.39, 0.29) is 25.5 Å². The molecule has 3 aliphatic heterocycles. The number of fused-ring (bicyclic) bond motifs is 1. The quantitative estimate of drug-likeness (QED) is 0.334. The number of allylic oxidation sites excluding steroid dienone is 1. The summed E-state index contributed by atoms with van der Waals surface area (Å²) in [6.07, 6.45) is 0.188.